The molecule has 15 heavy (non-hydrogen) atoms. The Morgan fingerprint density at radius 3 is 1.93 bits per heavy atom. The molecule has 4 nitrogen and oxygen atoms in total. The van der Waals surface area contributed by atoms with E-state index in [1.807, 2.05) is 6.92 Å². The van der Waals surface area contributed by atoms with Crippen LogP contribution >= 0.6 is 0 Å². The maximum absolute atomic E-state index is 11.7. The lowest BCUT2D eigenvalue weighted by atomic mass is 10.0. The molecule has 0 bridgehead atoms. The molecule has 1 atom stereocenters. The Hall–Kier alpha value is -1.16. The molecule has 0 aromatic carbocycles. The van der Waals surface area contributed by atoms with E-state index in [1.165, 1.54) is 0 Å². The molecule has 0 radical (unpaired) electrons. The highest BCUT2D eigenvalue weighted by molar-refractivity contribution is 6.18. The first-order chi connectivity index (χ1) is 6.80. The fourth-order valence-electron chi connectivity index (χ4n) is 1.41. The van der Waals surface area contributed by atoms with Gasteiger partial charge < -0.3 is 5.11 Å². The van der Waals surface area contributed by atoms with Crippen molar-refractivity contribution in [3.05, 3.63) is 11.1 Å². The molecule has 2 amide bonds. The van der Waals surface area contributed by atoms with E-state index in [0.717, 1.165) is 4.90 Å². The number of imide groups is 1. The molecule has 1 rings (SSSR count). The molecule has 1 unspecified atom stereocenters. The van der Waals surface area contributed by atoms with Crippen molar-refractivity contribution in [1.29, 1.82) is 0 Å². The van der Waals surface area contributed by atoms with E-state index in [2.05, 4.69) is 0 Å². The van der Waals surface area contributed by atoms with Crippen LogP contribution in [0.25, 0.3) is 0 Å². The highest BCUT2D eigenvalue weighted by Crippen LogP contribution is 2.22. The Bertz CT molecular complexity index is 318. The summed E-state index contributed by atoms with van der Waals surface area (Å²) in [4.78, 5) is 24.4. The highest BCUT2D eigenvalue weighted by Gasteiger charge is 2.36. The van der Waals surface area contributed by atoms with Crippen LogP contribution in [0.2, 0.25) is 0 Å². The summed E-state index contributed by atoms with van der Waals surface area (Å²) in [6.07, 6.45) is 0.502. The van der Waals surface area contributed by atoms with Crippen molar-refractivity contribution in [2.24, 2.45) is 0 Å². The van der Waals surface area contributed by atoms with Crippen molar-refractivity contribution in [1.82, 2.24) is 4.90 Å². The summed E-state index contributed by atoms with van der Waals surface area (Å²) in [6.45, 7) is 6.77. The summed E-state index contributed by atoms with van der Waals surface area (Å²) in [5, 5.41) is 9.83. The molecule has 0 aromatic rings. The third-order valence-electron chi connectivity index (χ3n) is 2.95. The molecule has 0 saturated carbocycles. The Balaban J connectivity index is 2.85. The summed E-state index contributed by atoms with van der Waals surface area (Å²) < 4.78 is 0. The van der Waals surface area contributed by atoms with Gasteiger partial charge in [0.15, 0.2) is 0 Å². The van der Waals surface area contributed by atoms with Gasteiger partial charge in [-0.1, -0.05) is 6.92 Å². The number of hydrogen-bond acceptors (Lipinski definition) is 3. The summed E-state index contributed by atoms with van der Waals surface area (Å²) in [6, 6.07) is 0. The zero-order valence-corrected chi connectivity index (χ0v) is 9.63. The predicted octanol–water partition coefficient (Wildman–Crippen LogP) is 0.853. The van der Waals surface area contributed by atoms with Crippen molar-refractivity contribution in [3.63, 3.8) is 0 Å². The molecule has 0 spiro atoms. The number of nitrogens with zero attached hydrogens (tertiary/aromatic N) is 1. The molecule has 0 saturated heterocycles. The number of hydrogen-bond donors (Lipinski definition) is 1. The number of carbonyl (C=O) groups excluding carboxylic acids is 2. The number of carbonyl (C=O) groups is 2. The first-order valence-corrected chi connectivity index (χ1v) is 5.06. The summed E-state index contributed by atoms with van der Waals surface area (Å²) in [5.74, 6) is -0.572. The van der Waals surface area contributed by atoms with Crippen LogP contribution in [0.5, 0.6) is 0 Å². The Morgan fingerprint density at radius 2 is 1.60 bits per heavy atom. The van der Waals surface area contributed by atoms with E-state index in [1.54, 1.807) is 20.8 Å². The third kappa shape index (κ3) is 2.09. The van der Waals surface area contributed by atoms with Crippen molar-refractivity contribution >= 4 is 11.8 Å². The van der Waals surface area contributed by atoms with Crippen LogP contribution in [0.15, 0.2) is 11.1 Å². The van der Waals surface area contributed by atoms with Gasteiger partial charge in [0.05, 0.1) is 12.1 Å². The topological polar surface area (TPSA) is 57.6 Å². The van der Waals surface area contributed by atoms with Crippen LogP contribution in [0.4, 0.5) is 0 Å². The smallest absolute Gasteiger partial charge is 0.256 e. The minimum atomic E-state index is -1.00. The minimum absolute atomic E-state index is 0.0653. The lowest BCUT2D eigenvalue weighted by molar-refractivity contribution is -0.141. The largest absolute Gasteiger partial charge is 0.388 e. The molecular formula is C11H17NO3. The van der Waals surface area contributed by atoms with E-state index in [4.69, 9.17) is 0 Å². The van der Waals surface area contributed by atoms with Crippen LogP contribution in [-0.2, 0) is 9.59 Å². The zero-order chi connectivity index (χ0) is 11.8. The second kappa shape index (κ2) is 3.77. The normalized spacial score (nSPS) is 21.3. The Kier molecular flexibility index (Phi) is 3.00. The van der Waals surface area contributed by atoms with Crippen molar-refractivity contribution in [3.8, 4) is 0 Å². The zero-order valence-electron chi connectivity index (χ0n) is 9.63. The minimum Gasteiger partial charge on any atom is -0.388 e. The fourth-order valence-corrected chi connectivity index (χ4v) is 1.41. The molecule has 1 heterocycles. The van der Waals surface area contributed by atoms with Gasteiger partial charge >= 0.3 is 0 Å². The number of amides is 2. The van der Waals surface area contributed by atoms with Crippen LogP contribution in [0.1, 0.15) is 34.1 Å². The van der Waals surface area contributed by atoms with E-state index in [9.17, 15) is 14.7 Å². The number of β-amino-alcohol motifs (C(OH)–C–C–N with tert-alkyl or cyclic N) is 1. The highest BCUT2D eigenvalue weighted by atomic mass is 16.3. The lowest BCUT2D eigenvalue weighted by Gasteiger charge is -2.26. The number of rotatable bonds is 3. The average Bonchev–Trinajstić information content (AvgIpc) is 2.36. The van der Waals surface area contributed by atoms with Gasteiger partial charge in [-0.15, -0.1) is 0 Å². The Labute approximate surface area is 89.6 Å². The van der Waals surface area contributed by atoms with Gasteiger partial charge in [-0.25, -0.2) is 0 Å². The first kappa shape index (κ1) is 11.9. The molecule has 1 N–H and O–H groups in total. The van der Waals surface area contributed by atoms with E-state index in [-0.39, 0.29) is 18.4 Å². The van der Waals surface area contributed by atoms with Crippen molar-refractivity contribution < 1.29 is 14.7 Å². The van der Waals surface area contributed by atoms with Crippen molar-refractivity contribution in [2.45, 2.75) is 39.7 Å². The predicted molar refractivity (Wildman–Crippen MR) is 56.0 cm³/mol. The lowest BCUT2D eigenvalue weighted by Crippen LogP contribution is -2.44. The summed E-state index contributed by atoms with van der Waals surface area (Å²) in [7, 11) is 0. The van der Waals surface area contributed by atoms with Crippen molar-refractivity contribution in [2.75, 3.05) is 6.54 Å². The molecule has 0 aromatic heterocycles. The van der Waals surface area contributed by atoms with E-state index >= 15 is 0 Å². The third-order valence-corrected chi connectivity index (χ3v) is 2.95. The first-order valence-electron chi connectivity index (χ1n) is 5.06. The van der Waals surface area contributed by atoms with Gasteiger partial charge in [0.1, 0.15) is 0 Å². The van der Waals surface area contributed by atoms with Gasteiger partial charge in [-0.2, -0.15) is 0 Å². The maximum Gasteiger partial charge on any atom is 0.256 e. The molecule has 1 aliphatic rings. The Morgan fingerprint density at radius 1 is 1.20 bits per heavy atom. The molecule has 0 aliphatic carbocycles. The molecule has 84 valence electrons. The fraction of sp³-hybridized carbons (Fsp3) is 0.636. The summed E-state index contributed by atoms with van der Waals surface area (Å²) in [5.41, 5.74) is -0.0465. The molecule has 4 heteroatoms. The van der Waals surface area contributed by atoms with Crippen LogP contribution < -0.4 is 0 Å². The van der Waals surface area contributed by atoms with E-state index < -0.39 is 5.60 Å². The van der Waals surface area contributed by atoms with Crippen LogP contribution in [0.3, 0.4) is 0 Å². The van der Waals surface area contributed by atoms with Gasteiger partial charge in [-0.05, 0) is 27.2 Å². The monoisotopic (exact) mass is 211 g/mol. The van der Waals surface area contributed by atoms with Gasteiger partial charge in [0.2, 0.25) is 0 Å². The van der Waals surface area contributed by atoms with Gasteiger partial charge in [-0.3, -0.25) is 14.5 Å². The summed E-state index contributed by atoms with van der Waals surface area (Å²) >= 11 is 0. The van der Waals surface area contributed by atoms with Gasteiger partial charge in [0.25, 0.3) is 11.8 Å². The van der Waals surface area contributed by atoms with Gasteiger partial charge in [0, 0.05) is 11.1 Å². The standard InChI is InChI=1S/C11H17NO3/c1-5-11(4,15)6-12-9(13)7(2)8(3)10(12)14/h15H,5-6H2,1-4H3. The molecule has 0 fully saturated rings. The van der Waals surface area contributed by atoms with Crippen LogP contribution in [0, 0.1) is 0 Å². The number of aliphatic hydroxyl groups is 1. The quantitative estimate of drug-likeness (QED) is 0.704. The molecular weight excluding hydrogens is 194 g/mol. The second-order valence-corrected chi connectivity index (χ2v) is 4.30. The molecule has 1 aliphatic heterocycles. The van der Waals surface area contributed by atoms with E-state index in [0.29, 0.717) is 17.6 Å². The van der Waals surface area contributed by atoms with Crippen LogP contribution in [-0.4, -0.2) is 34.0 Å². The second-order valence-electron chi connectivity index (χ2n) is 4.30. The maximum atomic E-state index is 11.7. The average molecular weight is 211 g/mol. The SMILES string of the molecule is CCC(C)(O)CN1C(=O)C(C)=C(C)C1=O.